The fourth-order valence-electron chi connectivity index (χ4n) is 2.34. The first-order valence-electron chi connectivity index (χ1n) is 6.59. The molecule has 0 atom stereocenters. The zero-order valence-electron chi connectivity index (χ0n) is 12.6. The van der Waals surface area contributed by atoms with Crippen molar-refractivity contribution >= 4 is 32.1 Å². The van der Waals surface area contributed by atoms with Gasteiger partial charge in [-0.25, -0.2) is 0 Å². The van der Waals surface area contributed by atoms with E-state index in [1.165, 1.54) is 19.2 Å². The number of phenolic OH excluding ortho intramolecular Hbond substituents is 2. The van der Waals surface area contributed by atoms with E-state index in [1.54, 1.807) is 0 Å². The fraction of sp³-hybridized carbons (Fsp3) is 0.133. The zero-order chi connectivity index (χ0) is 17.6. The molecule has 1 aromatic heterocycles. The molecule has 0 fully saturated rings. The van der Waals surface area contributed by atoms with Crippen molar-refractivity contribution in [2.24, 2.45) is 0 Å². The molecule has 1 heterocycles. The van der Waals surface area contributed by atoms with E-state index >= 15 is 0 Å². The molecule has 3 rings (SSSR count). The van der Waals surface area contributed by atoms with E-state index < -0.39 is 21.3 Å². The number of fused-ring (bicyclic) bond motifs is 2. The van der Waals surface area contributed by atoms with Crippen LogP contribution in [0, 0.1) is 0 Å². The number of methoxy groups -OCH3 is 1. The molecule has 2 N–H and O–H groups in total. The molecule has 9 heteroatoms. The average molecular weight is 352 g/mol. The molecule has 2 aromatic carbocycles. The smallest absolute Gasteiger partial charge is 0.306 e. The summed E-state index contributed by atoms with van der Waals surface area (Å²) in [6.45, 7) is 0. The molecule has 0 spiro atoms. The van der Waals surface area contributed by atoms with E-state index in [0.29, 0.717) is 0 Å². The van der Waals surface area contributed by atoms with Crippen molar-refractivity contribution in [1.82, 2.24) is 0 Å². The van der Waals surface area contributed by atoms with Crippen LogP contribution in [0.3, 0.4) is 0 Å². The number of rotatable bonds is 3. The van der Waals surface area contributed by atoms with Crippen molar-refractivity contribution in [3.05, 3.63) is 34.5 Å². The van der Waals surface area contributed by atoms with Crippen molar-refractivity contribution in [2.45, 2.75) is 0 Å². The molecule has 3 aromatic rings. The highest BCUT2D eigenvalue weighted by Crippen LogP contribution is 2.35. The minimum Gasteiger partial charge on any atom is -0.508 e. The summed E-state index contributed by atoms with van der Waals surface area (Å²) in [7, 11) is -2.54. The molecule has 0 unspecified atom stereocenters. The predicted octanol–water partition coefficient (Wildman–Crippen LogP) is 1.70. The molecule has 0 radical (unpaired) electrons. The van der Waals surface area contributed by atoms with Gasteiger partial charge in [-0.05, 0) is 0 Å². The third kappa shape index (κ3) is 2.69. The molecule has 0 aliphatic heterocycles. The van der Waals surface area contributed by atoms with Crippen molar-refractivity contribution in [1.29, 1.82) is 0 Å². The lowest BCUT2D eigenvalue weighted by molar-refractivity contribution is 0.391. The van der Waals surface area contributed by atoms with Crippen molar-refractivity contribution in [3.8, 4) is 23.0 Å². The SMILES string of the molecule is COc1cc2oc3cc(O)cc(O)c3c(=O)c2cc1OS(C)(=O)=O. The first-order chi connectivity index (χ1) is 11.2. The van der Waals surface area contributed by atoms with Gasteiger partial charge in [0.15, 0.2) is 11.5 Å². The van der Waals surface area contributed by atoms with Crippen LogP contribution < -0.4 is 14.3 Å². The summed E-state index contributed by atoms with van der Waals surface area (Å²) in [4.78, 5) is 12.6. The molecule has 0 bridgehead atoms. The maximum atomic E-state index is 12.6. The minimum absolute atomic E-state index is 0.0112. The second-order valence-electron chi connectivity index (χ2n) is 5.06. The van der Waals surface area contributed by atoms with E-state index in [1.807, 2.05) is 0 Å². The lowest BCUT2D eigenvalue weighted by atomic mass is 10.1. The second-order valence-corrected chi connectivity index (χ2v) is 6.63. The van der Waals surface area contributed by atoms with Crippen LogP contribution in [0.5, 0.6) is 23.0 Å². The van der Waals surface area contributed by atoms with Crippen LogP contribution in [-0.4, -0.2) is 32.0 Å². The van der Waals surface area contributed by atoms with Gasteiger partial charge in [-0.3, -0.25) is 4.79 Å². The normalized spacial score (nSPS) is 11.8. The molecule has 8 nitrogen and oxygen atoms in total. The molecule has 0 saturated carbocycles. The Kier molecular flexibility index (Phi) is 3.52. The van der Waals surface area contributed by atoms with Gasteiger partial charge in [0.1, 0.15) is 28.1 Å². The Morgan fingerprint density at radius 3 is 2.38 bits per heavy atom. The van der Waals surface area contributed by atoms with Crippen LogP contribution in [0.4, 0.5) is 0 Å². The van der Waals surface area contributed by atoms with Crippen LogP contribution in [0.25, 0.3) is 21.9 Å². The quantitative estimate of drug-likeness (QED) is 0.539. The van der Waals surface area contributed by atoms with E-state index in [0.717, 1.165) is 18.4 Å². The summed E-state index contributed by atoms with van der Waals surface area (Å²) in [6.07, 6.45) is 0.855. The molecular formula is C15H12O8S. The van der Waals surface area contributed by atoms with Crippen LogP contribution in [0.1, 0.15) is 0 Å². The van der Waals surface area contributed by atoms with Crippen molar-refractivity contribution in [2.75, 3.05) is 13.4 Å². The molecule has 0 saturated heterocycles. The standard InChI is InChI=1S/C15H12O8S/c1-21-11-6-10-8(5-12(11)23-24(2,19)20)15(18)14-9(17)3-7(16)4-13(14)22-10/h3-6,16-17H,1-2H3. The summed E-state index contributed by atoms with van der Waals surface area (Å²) in [5.74, 6) is -0.870. The highest BCUT2D eigenvalue weighted by molar-refractivity contribution is 7.86. The Labute approximate surface area is 135 Å². The molecule has 24 heavy (non-hydrogen) atoms. The summed E-state index contributed by atoms with van der Waals surface area (Å²) < 4.78 is 38.1. The number of phenols is 2. The summed E-state index contributed by atoms with van der Waals surface area (Å²) >= 11 is 0. The first kappa shape index (κ1) is 15.9. The number of hydrogen-bond acceptors (Lipinski definition) is 8. The van der Waals surface area contributed by atoms with Gasteiger partial charge in [0.2, 0.25) is 5.43 Å². The Bertz CT molecular complexity index is 1130. The Hall–Kier alpha value is -2.94. The Morgan fingerprint density at radius 2 is 1.75 bits per heavy atom. The van der Waals surface area contributed by atoms with Gasteiger partial charge in [-0.2, -0.15) is 8.42 Å². The fourth-order valence-corrected chi connectivity index (χ4v) is 2.80. The highest BCUT2D eigenvalue weighted by Gasteiger charge is 2.18. The van der Waals surface area contributed by atoms with E-state index in [4.69, 9.17) is 13.3 Å². The lowest BCUT2D eigenvalue weighted by Gasteiger charge is -2.10. The van der Waals surface area contributed by atoms with Gasteiger partial charge in [-0.15, -0.1) is 0 Å². The average Bonchev–Trinajstić information content (AvgIpc) is 2.45. The first-order valence-corrected chi connectivity index (χ1v) is 8.41. The zero-order valence-corrected chi connectivity index (χ0v) is 13.4. The Morgan fingerprint density at radius 1 is 1.04 bits per heavy atom. The lowest BCUT2D eigenvalue weighted by Crippen LogP contribution is -2.08. The van der Waals surface area contributed by atoms with Gasteiger partial charge in [0, 0.05) is 24.3 Å². The van der Waals surface area contributed by atoms with Crippen molar-refractivity contribution in [3.63, 3.8) is 0 Å². The number of ether oxygens (including phenoxy) is 1. The molecule has 0 aliphatic carbocycles. The number of hydrogen-bond donors (Lipinski definition) is 2. The molecular weight excluding hydrogens is 340 g/mol. The van der Waals surface area contributed by atoms with Gasteiger partial charge in [0.05, 0.1) is 18.8 Å². The van der Waals surface area contributed by atoms with Crippen LogP contribution >= 0.6 is 0 Å². The largest absolute Gasteiger partial charge is 0.508 e. The maximum absolute atomic E-state index is 12.6. The maximum Gasteiger partial charge on any atom is 0.306 e. The topological polar surface area (TPSA) is 123 Å². The second kappa shape index (κ2) is 5.31. The minimum atomic E-state index is -3.84. The molecule has 0 amide bonds. The highest BCUT2D eigenvalue weighted by atomic mass is 32.2. The predicted molar refractivity (Wildman–Crippen MR) is 85.3 cm³/mol. The van der Waals surface area contributed by atoms with Crippen LogP contribution in [-0.2, 0) is 10.1 Å². The van der Waals surface area contributed by atoms with Gasteiger partial charge in [0.25, 0.3) is 0 Å². The third-order valence-corrected chi connectivity index (χ3v) is 3.75. The molecule has 0 aliphatic rings. The van der Waals surface area contributed by atoms with Crippen LogP contribution in [0.15, 0.2) is 33.5 Å². The number of benzene rings is 2. The van der Waals surface area contributed by atoms with E-state index in [9.17, 15) is 23.4 Å². The summed E-state index contributed by atoms with van der Waals surface area (Å²) in [5, 5.41) is 19.2. The summed E-state index contributed by atoms with van der Waals surface area (Å²) in [5.41, 5.74) is -0.552. The monoisotopic (exact) mass is 352 g/mol. The summed E-state index contributed by atoms with van der Waals surface area (Å²) in [6, 6.07) is 4.64. The van der Waals surface area contributed by atoms with Gasteiger partial charge >= 0.3 is 10.1 Å². The molecule has 126 valence electrons. The Balaban J connectivity index is 2.42. The van der Waals surface area contributed by atoms with Crippen molar-refractivity contribution < 1.29 is 32.0 Å². The third-order valence-electron chi connectivity index (χ3n) is 3.26. The van der Waals surface area contributed by atoms with E-state index in [-0.39, 0.29) is 39.2 Å². The van der Waals surface area contributed by atoms with Crippen LogP contribution in [0.2, 0.25) is 0 Å². The van der Waals surface area contributed by atoms with E-state index in [2.05, 4.69) is 0 Å². The number of aromatic hydroxyl groups is 2. The van der Waals surface area contributed by atoms with Gasteiger partial charge < -0.3 is 23.6 Å². The van der Waals surface area contributed by atoms with Gasteiger partial charge in [-0.1, -0.05) is 0 Å².